The molecule has 0 aromatic carbocycles. The van der Waals surface area contributed by atoms with E-state index in [9.17, 15) is 4.79 Å². The summed E-state index contributed by atoms with van der Waals surface area (Å²) in [5.41, 5.74) is -0.968. The summed E-state index contributed by atoms with van der Waals surface area (Å²) < 4.78 is 6.21. The van der Waals surface area contributed by atoms with E-state index in [1.54, 1.807) is 0 Å². The van der Waals surface area contributed by atoms with Gasteiger partial charge in [-0.3, -0.25) is 4.79 Å². The molecule has 23 heavy (non-hydrogen) atoms. The average molecular weight is 316 g/mol. The molecule has 0 aromatic rings. The molecule has 4 aliphatic rings. The molecule has 1 unspecified atom stereocenters. The fourth-order valence-corrected chi connectivity index (χ4v) is 5.67. The van der Waals surface area contributed by atoms with Crippen LogP contribution < -0.4 is 0 Å². The Labute approximate surface area is 141 Å². The van der Waals surface area contributed by atoms with Crippen molar-refractivity contribution in [3.05, 3.63) is 0 Å². The molecule has 0 radical (unpaired) electrons. The molecule has 4 fully saturated rings. The van der Waals surface area contributed by atoms with Crippen molar-refractivity contribution in [3.8, 4) is 11.8 Å². The van der Waals surface area contributed by atoms with Gasteiger partial charge in [-0.25, -0.2) is 0 Å². The second-order valence-electron chi connectivity index (χ2n) is 9.23. The molecule has 1 atom stereocenters. The second kappa shape index (κ2) is 5.54. The van der Waals surface area contributed by atoms with Gasteiger partial charge in [-0.2, -0.15) is 0 Å². The Balaban J connectivity index is 1.91. The monoisotopic (exact) mass is 316 g/mol. The minimum Gasteiger partial charge on any atom is -0.445 e. The highest BCUT2D eigenvalue weighted by molar-refractivity contribution is 5.76. The van der Waals surface area contributed by atoms with Gasteiger partial charge in [-0.05, 0) is 90.4 Å². The zero-order valence-electron chi connectivity index (χ0n) is 15.5. The van der Waals surface area contributed by atoms with Crippen LogP contribution in [0.25, 0.3) is 0 Å². The minimum atomic E-state index is -0.624. The van der Waals surface area contributed by atoms with Crippen molar-refractivity contribution in [2.24, 2.45) is 28.6 Å². The van der Waals surface area contributed by atoms with E-state index < -0.39 is 11.0 Å². The van der Waals surface area contributed by atoms with Crippen molar-refractivity contribution in [1.29, 1.82) is 0 Å². The van der Waals surface area contributed by atoms with E-state index in [-0.39, 0.29) is 11.4 Å². The van der Waals surface area contributed by atoms with Gasteiger partial charge in [0, 0.05) is 5.41 Å². The van der Waals surface area contributed by atoms with Gasteiger partial charge < -0.3 is 4.74 Å². The van der Waals surface area contributed by atoms with Crippen molar-refractivity contribution in [2.45, 2.75) is 85.2 Å². The number of hydrogen-bond donors (Lipinski definition) is 0. The maximum Gasteiger partial charge on any atom is 0.313 e. The topological polar surface area (TPSA) is 26.3 Å². The van der Waals surface area contributed by atoms with Gasteiger partial charge in [0.25, 0.3) is 0 Å². The van der Waals surface area contributed by atoms with Crippen LogP contribution in [0, 0.1) is 40.4 Å². The Morgan fingerprint density at radius 2 is 1.57 bits per heavy atom. The van der Waals surface area contributed by atoms with Crippen LogP contribution >= 0.6 is 0 Å². The van der Waals surface area contributed by atoms with Crippen LogP contribution in [0.2, 0.25) is 0 Å². The highest BCUT2D eigenvalue weighted by atomic mass is 16.6. The van der Waals surface area contributed by atoms with Crippen molar-refractivity contribution < 1.29 is 9.53 Å². The summed E-state index contributed by atoms with van der Waals surface area (Å²) in [5.74, 6) is 8.84. The fraction of sp³-hybridized carbons (Fsp3) is 0.857. The van der Waals surface area contributed by atoms with Gasteiger partial charge in [0.15, 0.2) is 5.60 Å². The molecule has 128 valence electrons. The molecule has 0 aromatic heterocycles. The first kappa shape index (κ1) is 16.9. The summed E-state index contributed by atoms with van der Waals surface area (Å²) >= 11 is 0. The van der Waals surface area contributed by atoms with Crippen LogP contribution in [0.5, 0.6) is 0 Å². The highest BCUT2D eigenvalue weighted by Crippen LogP contribution is 2.64. The zero-order valence-corrected chi connectivity index (χ0v) is 15.5. The number of rotatable bonds is 4. The van der Waals surface area contributed by atoms with Crippen LogP contribution in [0.1, 0.15) is 79.6 Å². The molecule has 4 aliphatic carbocycles. The lowest BCUT2D eigenvalue weighted by atomic mass is 9.45. The fourth-order valence-electron chi connectivity index (χ4n) is 5.67. The van der Waals surface area contributed by atoms with E-state index in [1.165, 1.54) is 38.5 Å². The van der Waals surface area contributed by atoms with Crippen LogP contribution in [-0.4, -0.2) is 11.6 Å². The molecular weight excluding hydrogens is 284 g/mol. The van der Waals surface area contributed by atoms with Gasteiger partial charge in [0.05, 0.1) is 5.41 Å². The Kier molecular flexibility index (Phi) is 4.06. The summed E-state index contributed by atoms with van der Waals surface area (Å²) in [7, 11) is 0. The molecule has 2 heteroatoms. The predicted octanol–water partition coefficient (Wildman–Crippen LogP) is 4.96. The Bertz CT molecular complexity index is 513. The molecule has 0 aliphatic heterocycles. The first-order valence-corrected chi connectivity index (χ1v) is 9.41. The molecule has 0 spiro atoms. The van der Waals surface area contributed by atoms with Crippen molar-refractivity contribution in [1.82, 2.24) is 0 Å². The molecular formula is C21H32O2. The molecule has 0 saturated heterocycles. The van der Waals surface area contributed by atoms with Gasteiger partial charge in [0.1, 0.15) is 0 Å². The van der Waals surface area contributed by atoms with Crippen molar-refractivity contribution in [3.63, 3.8) is 0 Å². The lowest BCUT2D eigenvalue weighted by Gasteiger charge is -2.61. The molecule has 0 heterocycles. The third-order valence-corrected chi connectivity index (χ3v) is 7.15. The van der Waals surface area contributed by atoms with Gasteiger partial charge in [0.2, 0.25) is 0 Å². The first-order chi connectivity index (χ1) is 10.7. The van der Waals surface area contributed by atoms with E-state index >= 15 is 0 Å². The smallest absolute Gasteiger partial charge is 0.313 e. The van der Waals surface area contributed by atoms with Gasteiger partial charge in [-0.15, -0.1) is 5.92 Å². The van der Waals surface area contributed by atoms with Crippen molar-refractivity contribution in [2.75, 3.05) is 0 Å². The van der Waals surface area contributed by atoms with E-state index in [1.807, 2.05) is 20.8 Å². The third-order valence-electron chi connectivity index (χ3n) is 7.15. The lowest BCUT2D eigenvalue weighted by Crippen LogP contribution is -2.58. The Morgan fingerprint density at radius 3 is 1.96 bits per heavy atom. The van der Waals surface area contributed by atoms with Crippen molar-refractivity contribution >= 4 is 5.97 Å². The lowest BCUT2D eigenvalue weighted by molar-refractivity contribution is -0.195. The Morgan fingerprint density at radius 1 is 1.09 bits per heavy atom. The standard InChI is InChI=1S/C21H32O2/c1-6-8-20(5,23-18(22)19(3,4)7-2)21-12-15-9-16(13-21)11-17(10-15)14-21/h15-17H,7,9-14H2,1-5H3. The number of esters is 1. The first-order valence-electron chi connectivity index (χ1n) is 9.41. The largest absolute Gasteiger partial charge is 0.445 e. The molecule has 0 N–H and O–H groups in total. The summed E-state index contributed by atoms with van der Waals surface area (Å²) in [6.45, 7) is 9.98. The Hall–Kier alpha value is -0.970. The number of carbonyl (C=O) groups excluding carboxylic acids is 1. The average Bonchev–Trinajstić information content (AvgIpc) is 2.45. The SMILES string of the molecule is CC#CC(C)(OC(=O)C(C)(C)CC)C12CC3CC(CC(C3)C1)C2. The van der Waals surface area contributed by atoms with Crippen LogP contribution in [0.4, 0.5) is 0 Å². The van der Waals surface area contributed by atoms with Crippen LogP contribution in [0.15, 0.2) is 0 Å². The maximum absolute atomic E-state index is 12.8. The van der Waals surface area contributed by atoms with E-state index in [4.69, 9.17) is 4.74 Å². The van der Waals surface area contributed by atoms with E-state index in [0.717, 1.165) is 24.2 Å². The van der Waals surface area contributed by atoms with E-state index in [0.29, 0.717) is 0 Å². The summed E-state index contributed by atoms with van der Waals surface area (Å²) in [5, 5.41) is 0. The summed E-state index contributed by atoms with van der Waals surface area (Å²) in [4.78, 5) is 12.8. The molecule has 4 bridgehead atoms. The normalized spacial score (nSPS) is 37.7. The molecule has 2 nitrogen and oxygen atoms in total. The van der Waals surface area contributed by atoms with Gasteiger partial charge >= 0.3 is 5.97 Å². The quantitative estimate of drug-likeness (QED) is 0.541. The number of hydrogen-bond acceptors (Lipinski definition) is 2. The van der Waals surface area contributed by atoms with Crippen LogP contribution in [0.3, 0.4) is 0 Å². The molecule has 4 saturated carbocycles. The molecule has 4 rings (SSSR count). The summed E-state index contributed by atoms with van der Waals surface area (Å²) in [6.07, 6.45) is 8.57. The number of ether oxygens (including phenoxy) is 1. The minimum absolute atomic E-state index is 0.0824. The number of carbonyl (C=O) groups is 1. The summed E-state index contributed by atoms with van der Waals surface area (Å²) in [6, 6.07) is 0. The third kappa shape index (κ3) is 2.71. The highest BCUT2D eigenvalue weighted by Gasteiger charge is 2.60. The molecule has 0 amide bonds. The predicted molar refractivity (Wildman–Crippen MR) is 92.6 cm³/mol. The zero-order chi connectivity index (χ0) is 16.9. The second-order valence-corrected chi connectivity index (χ2v) is 9.23. The maximum atomic E-state index is 12.8. The van der Waals surface area contributed by atoms with Crippen LogP contribution in [-0.2, 0) is 9.53 Å². The van der Waals surface area contributed by atoms with Gasteiger partial charge in [-0.1, -0.05) is 12.8 Å². The van der Waals surface area contributed by atoms with E-state index in [2.05, 4.69) is 25.7 Å².